The lowest BCUT2D eigenvalue weighted by atomic mass is 9.92. The zero-order chi connectivity index (χ0) is 8.10. The predicted octanol–water partition coefficient (Wildman–Crippen LogP) is 3.49. The summed E-state index contributed by atoms with van der Waals surface area (Å²) in [5, 5.41) is 0. The molecule has 1 heteroatoms. The van der Waals surface area contributed by atoms with Gasteiger partial charge in [-0.25, -0.2) is 0 Å². The summed E-state index contributed by atoms with van der Waals surface area (Å²) in [6.45, 7) is 4.84. The van der Waals surface area contributed by atoms with Crippen LogP contribution in [0.3, 0.4) is 0 Å². The number of allylic oxidation sites excluding steroid dienone is 2. The van der Waals surface area contributed by atoms with Gasteiger partial charge in [0.15, 0.2) is 0 Å². The average molecular weight is 167 g/mol. The van der Waals surface area contributed by atoms with Crippen molar-refractivity contribution in [3.8, 4) is 0 Å². The molecule has 0 aromatic carbocycles. The molecule has 0 saturated carbocycles. The minimum atomic E-state index is 0.0425. The normalized spacial score (nSPS) is 24.5. The Balaban J connectivity index is 2.11. The summed E-state index contributed by atoms with van der Waals surface area (Å²) >= 11 is 0. The second kappa shape index (κ2) is 4.76. The van der Waals surface area contributed by atoms with Crippen molar-refractivity contribution in [2.75, 3.05) is 0 Å². The first-order valence-electron chi connectivity index (χ1n) is 4.73. The van der Waals surface area contributed by atoms with E-state index in [4.69, 9.17) is 0 Å². The van der Waals surface area contributed by atoms with E-state index in [9.17, 15) is 0 Å². The van der Waals surface area contributed by atoms with E-state index in [0.717, 1.165) is 5.92 Å². The highest BCUT2D eigenvalue weighted by molar-refractivity contribution is 6.55. The van der Waals surface area contributed by atoms with Gasteiger partial charge in [-0.15, -0.1) is 0 Å². The molecule has 0 aliphatic heterocycles. The zero-order valence-electron chi connectivity index (χ0n) is 7.77. The van der Waals surface area contributed by atoms with Gasteiger partial charge in [-0.05, 0) is 25.2 Å². The van der Waals surface area contributed by atoms with E-state index in [1.54, 1.807) is 0 Å². The molecule has 0 aromatic heterocycles. The molecule has 0 spiro atoms. The topological polar surface area (TPSA) is 0 Å². The number of hydrogen-bond acceptors (Lipinski definition) is 0. The minimum absolute atomic E-state index is 0.0425. The van der Waals surface area contributed by atoms with Gasteiger partial charge in [0.1, 0.15) is 0 Å². The molecule has 63 valence electrons. The Bertz CT molecular complexity index is 127. The maximum atomic E-state index is 2.42. The largest absolute Gasteiger partial charge is 0.0885 e. The van der Waals surface area contributed by atoms with Crippen molar-refractivity contribution in [3.05, 3.63) is 12.2 Å². The Kier molecular flexibility index (Phi) is 3.91. The van der Waals surface area contributed by atoms with E-state index < -0.39 is 0 Å². The Labute approximate surface area is 72.3 Å². The molecule has 0 aromatic rings. The molecule has 0 N–H and O–H groups in total. The van der Waals surface area contributed by atoms with E-state index in [2.05, 4.69) is 25.2 Å². The van der Waals surface area contributed by atoms with Crippen LogP contribution in [-0.2, 0) is 0 Å². The van der Waals surface area contributed by atoms with Crippen LogP contribution in [0.4, 0.5) is 0 Å². The molecule has 11 heavy (non-hydrogen) atoms. The summed E-state index contributed by atoms with van der Waals surface area (Å²) in [6, 6.07) is 1.52. The SMILES string of the molecule is C[Si](C)CCC1CC=CCC1. The predicted molar refractivity (Wildman–Crippen MR) is 53.4 cm³/mol. The summed E-state index contributed by atoms with van der Waals surface area (Å²) in [6.07, 6.45) is 10.3. The maximum absolute atomic E-state index is 2.42. The van der Waals surface area contributed by atoms with Crippen molar-refractivity contribution in [2.24, 2.45) is 5.92 Å². The van der Waals surface area contributed by atoms with Gasteiger partial charge in [0.05, 0.1) is 0 Å². The summed E-state index contributed by atoms with van der Waals surface area (Å²) in [4.78, 5) is 0. The monoisotopic (exact) mass is 167 g/mol. The highest BCUT2D eigenvalue weighted by Crippen LogP contribution is 2.23. The van der Waals surface area contributed by atoms with E-state index >= 15 is 0 Å². The van der Waals surface area contributed by atoms with Gasteiger partial charge in [0.2, 0.25) is 0 Å². The fourth-order valence-corrected chi connectivity index (χ4v) is 2.60. The molecule has 0 nitrogen and oxygen atoms in total. The molecule has 1 aliphatic carbocycles. The third-order valence-electron chi connectivity index (χ3n) is 2.43. The van der Waals surface area contributed by atoms with Gasteiger partial charge in [-0.2, -0.15) is 0 Å². The molecular weight excluding hydrogens is 148 g/mol. The molecule has 0 amide bonds. The first kappa shape index (κ1) is 9.05. The van der Waals surface area contributed by atoms with Crippen molar-refractivity contribution in [1.29, 1.82) is 0 Å². The Morgan fingerprint density at radius 2 is 2.18 bits per heavy atom. The van der Waals surface area contributed by atoms with Crippen LogP contribution in [0, 0.1) is 5.92 Å². The highest BCUT2D eigenvalue weighted by Gasteiger charge is 2.09. The van der Waals surface area contributed by atoms with E-state index in [1.807, 2.05) is 0 Å². The summed E-state index contributed by atoms with van der Waals surface area (Å²) < 4.78 is 0. The van der Waals surface area contributed by atoms with Crippen LogP contribution in [0.15, 0.2) is 12.2 Å². The van der Waals surface area contributed by atoms with Crippen molar-refractivity contribution in [3.63, 3.8) is 0 Å². The van der Waals surface area contributed by atoms with Gasteiger partial charge >= 0.3 is 0 Å². The third kappa shape index (κ3) is 3.75. The molecule has 0 heterocycles. The second-order valence-electron chi connectivity index (χ2n) is 3.90. The van der Waals surface area contributed by atoms with Crippen LogP contribution >= 0.6 is 0 Å². The van der Waals surface area contributed by atoms with Crippen LogP contribution < -0.4 is 0 Å². The molecule has 0 saturated heterocycles. The summed E-state index contributed by atoms with van der Waals surface area (Å²) in [5.41, 5.74) is 0. The van der Waals surface area contributed by atoms with Crippen molar-refractivity contribution in [1.82, 2.24) is 0 Å². The summed E-state index contributed by atoms with van der Waals surface area (Å²) in [5.74, 6) is 1.03. The lowest BCUT2D eigenvalue weighted by molar-refractivity contribution is 0.464. The van der Waals surface area contributed by atoms with Crippen LogP contribution in [0.2, 0.25) is 19.1 Å². The molecule has 0 bridgehead atoms. The first-order valence-corrected chi connectivity index (χ1v) is 7.44. The summed E-state index contributed by atoms with van der Waals surface area (Å²) in [7, 11) is 0.0425. The smallest absolute Gasteiger partial charge is 0.0413 e. The van der Waals surface area contributed by atoms with E-state index in [0.29, 0.717) is 0 Å². The second-order valence-corrected chi connectivity index (χ2v) is 6.81. The lowest BCUT2D eigenvalue weighted by Gasteiger charge is -2.17. The lowest BCUT2D eigenvalue weighted by Crippen LogP contribution is -2.07. The Hall–Kier alpha value is -0.0431. The average Bonchev–Trinajstić information content (AvgIpc) is 2.03. The molecular formula is C10H19Si. The van der Waals surface area contributed by atoms with Crippen LogP contribution in [0.25, 0.3) is 0 Å². The quantitative estimate of drug-likeness (QED) is 0.446. The van der Waals surface area contributed by atoms with Crippen molar-refractivity contribution < 1.29 is 0 Å². The van der Waals surface area contributed by atoms with E-state index in [1.165, 1.54) is 31.7 Å². The zero-order valence-corrected chi connectivity index (χ0v) is 8.77. The molecule has 1 aliphatic rings. The molecule has 1 unspecified atom stereocenters. The fraction of sp³-hybridized carbons (Fsp3) is 0.800. The van der Waals surface area contributed by atoms with Crippen molar-refractivity contribution >= 4 is 8.80 Å². The van der Waals surface area contributed by atoms with Gasteiger partial charge < -0.3 is 0 Å². The van der Waals surface area contributed by atoms with Crippen LogP contribution in [0.1, 0.15) is 25.7 Å². The maximum Gasteiger partial charge on any atom is 0.0413 e. The molecule has 1 rings (SSSR count). The van der Waals surface area contributed by atoms with Gasteiger partial charge in [-0.3, -0.25) is 0 Å². The fourth-order valence-electron chi connectivity index (χ4n) is 1.61. The Morgan fingerprint density at radius 3 is 2.73 bits per heavy atom. The minimum Gasteiger partial charge on any atom is -0.0885 e. The molecule has 1 atom stereocenters. The third-order valence-corrected chi connectivity index (χ3v) is 3.72. The van der Waals surface area contributed by atoms with Crippen LogP contribution in [-0.4, -0.2) is 8.80 Å². The Morgan fingerprint density at radius 1 is 1.36 bits per heavy atom. The van der Waals surface area contributed by atoms with E-state index in [-0.39, 0.29) is 8.80 Å². The number of rotatable bonds is 3. The van der Waals surface area contributed by atoms with Crippen LogP contribution in [0.5, 0.6) is 0 Å². The molecule has 1 radical (unpaired) electrons. The van der Waals surface area contributed by atoms with Gasteiger partial charge in [-0.1, -0.05) is 37.7 Å². The standard InChI is InChI=1S/C10H19Si/c1-11(2)9-8-10-6-4-3-5-7-10/h3-4,10H,5-9H2,1-2H3. The molecule has 0 fully saturated rings. The number of hydrogen-bond donors (Lipinski definition) is 0. The first-order chi connectivity index (χ1) is 5.29. The van der Waals surface area contributed by atoms with Gasteiger partial charge in [0.25, 0.3) is 0 Å². The van der Waals surface area contributed by atoms with Crippen molar-refractivity contribution in [2.45, 2.75) is 44.8 Å². The highest BCUT2D eigenvalue weighted by atomic mass is 28.3. The van der Waals surface area contributed by atoms with Gasteiger partial charge in [0, 0.05) is 8.80 Å².